The molecule has 2 aromatic heterocycles. The highest BCUT2D eigenvalue weighted by Gasteiger charge is 2.28. The molecule has 2 aromatic carbocycles. The number of rotatable bonds is 3. The highest BCUT2D eigenvalue weighted by molar-refractivity contribution is 5.94. The third-order valence-corrected chi connectivity index (χ3v) is 6.57. The van der Waals surface area contributed by atoms with Gasteiger partial charge in [-0.25, -0.2) is 0 Å². The summed E-state index contributed by atoms with van der Waals surface area (Å²) in [6.45, 7) is 0.993. The number of likely N-dealkylation sites (tertiary alicyclic amines) is 1. The summed E-state index contributed by atoms with van der Waals surface area (Å²) in [7, 11) is 2.05. The second-order valence-electron chi connectivity index (χ2n) is 8.45. The Morgan fingerprint density at radius 1 is 0.903 bits per heavy atom. The summed E-state index contributed by atoms with van der Waals surface area (Å²) in [5.41, 5.74) is 2.82. The van der Waals surface area contributed by atoms with Gasteiger partial charge in [0.05, 0.1) is 17.1 Å². The summed E-state index contributed by atoms with van der Waals surface area (Å²) in [4.78, 5) is 28.8. The number of fused-ring (bicyclic) bond motifs is 2. The zero-order valence-electron chi connectivity index (χ0n) is 17.8. The van der Waals surface area contributed by atoms with E-state index in [1.165, 1.54) is 5.69 Å². The molecule has 158 valence electrons. The Morgan fingerprint density at radius 2 is 1.58 bits per heavy atom. The molecule has 1 amide bonds. The molecule has 0 aliphatic carbocycles. The molecule has 1 aliphatic heterocycles. The summed E-state index contributed by atoms with van der Waals surface area (Å²) in [6.07, 6.45) is 6.33. The van der Waals surface area contributed by atoms with E-state index in [1.54, 1.807) is 0 Å². The van der Waals surface area contributed by atoms with Gasteiger partial charge in [0.2, 0.25) is 5.91 Å². The zero-order valence-corrected chi connectivity index (χ0v) is 17.8. The second-order valence-corrected chi connectivity index (χ2v) is 8.45. The van der Waals surface area contributed by atoms with Crippen molar-refractivity contribution in [3.05, 3.63) is 82.8 Å². The average molecular weight is 414 g/mol. The minimum Gasteiger partial charge on any atom is -0.353 e. The summed E-state index contributed by atoms with van der Waals surface area (Å²) >= 11 is 0. The van der Waals surface area contributed by atoms with Crippen LogP contribution in [0.1, 0.15) is 37.4 Å². The van der Waals surface area contributed by atoms with Crippen LogP contribution in [0.5, 0.6) is 0 Å². The first-order valence-electron chi connectivity index (χ1n) is 11.1. The van der Waals surface area contributed by atoms with Gasteiger partial charge >= 0.3 is 0 Å². The van der Waals surface area contributed by atoms with Crippen LogP contribution in [0.3, 0.4) is 0 Å². The predicted octanol–water partition coefficient (Wildman–Crippen LogP) is 4.64. The maximum absolute atomic E-state index is 13.7. The lowest BCUT2D eigenvalue weighted by atomic mass is 10.1. The molecule has 1 saturated heterocycles. The van der Waals surface area contributed by atoms with Crippen molar-refractivity contribution in [2.45, 2.75) is 38.3 Å². The van der Waals surface area contributed by atoms with Gasteiger partial charge in [-0.2, -0.15) is 0 Å². The molecule has 1 aliphatic rings. The molecule has 0 N–H and O–H groups in total. The molecule has 0 radical (unpaired) electrons. The average Bonchev–Trinajstić information content (AvgIpc) is 3.07. The van der Waals surface area contributed by atoms with Gasteiger partial charge in [-0.15, -0.1) is 0 Å². The van der Waals surface area contributed by atoms with Crippen LogP contribution in [0.4, 0.5) is 0 Å². The van der Waals surface area contributed by atoms with E-state index in [9.17, 15) is 9.59 Å². The molecule has 0 spiro atoms. The van der Waals surface area contributed by atoms with Gasteiger partial charge in [-0.3, -0.25) is 9.59 Å². The normalized spacial score (nSPS) is 17.2. The molecule has 5 heteroatoms. The van der Waals surface area contributed by atoms with Gasteiger partial charge in [-0.05, 0) is 49.2 Å². The molecular formula is C26H27N3O2. The van der Waals surface area contributed by atoms with Crippen molar-refractivity contribution < 1.29 is 4.79 Å². The van der Waals surface area contributed by atoms with Gasteiger partial charge < -0.3 is 14.0 Å². The van der Waals surface area contributed by atoms with E-state index in [-0.39, 0.29) is 23.9 Å². The van der Waals surface area contributed by atoms with Crippen LogP contribution in [0.15, 0.2) is 71.7 Å². The number of para-hydroxylation sites is 2. The maximum Gasteiger partial charge on any atom is 0.243 e. The van der Waals surface area contributed by atoms with E-state index in [0.717, 1.165) is 43.3 Å². The van der Waals surface area contributed by atoms with Crippen LogP contribution < -0.4 is 5.43 Å². The topological polar surface area (TPSA) is 47.2 Å². The van der Waals surface area contributed by atoms with E-state index < -0.39 is 0 Å². The smallest absolute Gasteiger partial charge is 0.243 e. The Morgan fingerprint density at radius 3 is 2.23 bits per heavy atom. The Labute approximate surface area is 181 Å². The minimum absolute atomic E-state index is 0.0198. The fraction of sp³-hybridized carbons (Fsp3) is 0.308. The summed E-state index contributed by atoms with van der Waals surface area (Å²) in [5.74, 6) is 0.104. The monoisotopic (exact) mass is 413 g/mol. The van der Waals surface area contributed by atoms with Crippen LogP contribution in [-0.4, -0.2) is 26.5 Å². The molecule has 0 unspecified atom stereocenters. The molecular weight excluding hydrogens is 386 g/mol. The number of pyridine rings is 1. The van der Waals surface area contributed by atoms with Crippen LogP contribution in [0.25, 0.3) is 21.8 Å². The first-order valence-corrected chi connectivity index (χ1v) is 11.1. The Kier molecular flexibility index (Phi) is 5.10. The van der Waals surface area contributed by atoms with Crippen molar-refractivity contribution in [3.8, 4) is 0 Å². The van der Waals surface area contributed by atoms with Crippen LogP contribution in [-0.2, 0) is 18.4 Å². The standard InChI is InChI=1S/C26H27N3O2/c1-27-16-9-15-23(27)24-14-3-2-8-17-28(24)25(30)18-29-21-12-6-4-10-19(21)26(31)20-11-5-7-13-22(20)29/h4-7,9-13,15-16,24H,2-3,8,14,17-18H2,1H3/t24-/m0/s1. The van der Waals surface area contributed by atoms with Crippen molar-refractivity contribution in [1.29, 1.82) is 0 Å². The van der Waals surface area contributed by atoms with Crippen molar-refractivity contribution >= 4 is 27.7 Å². The summed E-state index contributed by atoms with van der Waals surface area (Å²) < 4.78 is 4.14. The molecule has 1 atom stereocenters. The zero-order chi connectivity index (χ0) is 21.4. The molecule has 5 nitrogen and oxygen atoms in total. The molecule has 0 bridgehead atoms. The van der Waals surface area contributed by atoms with Crippen molar-refractivity contribution in [3.63, 3.8) is 0 Å². The number of aromatic nitrogens is 2. The fourth-order valence-electron chi connectivity index (χ4n) is 5.01. The number of carbonyl (C=O) groups is 1. The SMILES string of the molecule is Cn1cccc1[C@@H]1CCCCCN1C(=O)Cn1c2ccccc2c(=O)c2ccccc21. The van der Waals surface area contributed by atoms with Crippen LogP contribution >= 0.6 is 0 Å². The van der Waals surface area contributed by atoms with Crippen LogP contribution in [0, 0.1) is 0 Å². The van der Waals surface area contributed by atoms with Crippen LogP contribution in [0.2, 0.25) is 0 Å². The largest absolute Gasteiger partial charge is 0.353 e. The molecule has 5 rings (SSSR count). The molecule has 1 fully saturated rings. The van der Waals surface area contributed by atoms with Crippen molar-refractivity contribution in [1.82, 2.24) is 14.0 Å². The second kappa shape index (κ2) is 8.06. The van der Waals surface area contributed by atoms with E-state index in [2.05, 4.69) is 15.5 Å². The molecule has 4 aromatic rings. The number of aryl methyl sites for hydroxylation is 1. The van der Waals surface area contributed by atoms with Gasteiger partial charge in [-0.1, -0.05) is 37.1 Å². The predicted molar refractivity (Wildman–Crippen MR) is 124 cm³/mol. The first-order chi connectivity index (χ1) is 15.1. The number of carbonyl (C=O) groups excluding carboxylic acids is 1. The number of amides is 1. The number of hydrogen-bond acceptors (Lipinski definition) is 2. The van der Waals surface area contributed by atoms with E-state index in [0.29, 0.717) is 10.8 Å². The number of hydrogen-bond donors (Lipinski definition) is 0. The molecule has 31 heavy (non-hydrogen) atoms. The quantitative estimate of drug-likeness (QED) is 0.460. The van der Waals surface area contributed by atoms with E-state index >= 15 is 0 Å². The highest BCUT2D eigenvalue weighted by atomic mass is 16.2. The van der Waals surface area contributed by atoms with E-state index in [4.69, 9.17) is 0 Å². The molecule has 0 saturated carbocycles. The fourth-order valence-corrected chi connectivity index (χ4v) is 5.01. The lowest BCUT2D eigenvalue weighted by Crippen LogP contribution is -2.38. The van der Waals surface area contributed by atoms with E-state index in [1.807, 2.05) is 72.4 Å². The number of nitrogens with zero attached hydrogens (tertiary/aromatic N) is 3. The summed E-state index contributed by atoms with van der Waals surface area (Å²) in [6, 6.07) is 19.5. The lowest BCUT2D eigenvalue weighted by molar-refractivity contribution is -0.134. The lowest BCUT2D eigenvalue weighted by Gasteiger charge is -2.31. The Bertz CT molecular complexity index is 1260. The van der Waals surface area contributed by atoms with Crippen molar-refractivity contribution in [2.24, 2.45) is 7.05 Å². The number of benzene rings is 2. The Hall–Kier alpha value is -3.34. The van der Waals surface area contributed by atoms with Gasteiger partial charge in [0.25, 0.3) is 0 Å². The van der Waals surface area contributed by atoms with Gasteiger partial charge in [0.15, 0.2) is 5.43 Å². The first kappa shape index (κ1) is 19.6. The third-order valence-electron chi connectivity index (χ3n) is 6.57. The highest BCUT2D eigenvalue weighted by Crippen LogP contribution is 2.31. The van der Waals surface area contributed by atoms with Gasteiger partial charge in [0, 0.05) is 36.3 Å². The third kappa shape index (κ3) is 3.44. The minimum atomic E-state index is 0.0198. The molecule has 3 heterocycles. The van der Waals surface area contributed by atoms with Gasteiger partial charge in [0.1, 0.15) is 6.54 Å². The summed E-state index contributed by atoms with van der Waals surface area (Å²) in [5, 5.41) is 1.31. The Balaban J connectivity index is 1.60. The van der Waals surface area contributed by atoms with Crippen molar-refractivity contribution in [2.75, 3.05) is 6.54 Å². The maximum atomic E-state index is 13.7.